The molecule has 0 radical (unpaired) electrons. The van der Waals surface area contributed by atoms with Crippen molar-refractivity contribution < 1.29 is 9.53 Å². The van der Waals surface area contributed by atoms with E-state index in [9.17, 15) is 4.79 Å². The third kappa shape index (κ3) is 4.79. The van der Waals surface area contributed by atoms with Crippen LogP contribution in [0, 0.1) is 11.8 Å². The predicted molar refractivity (Wildman–Crippen MR) is 107 cm³/mol. The van der Waals surface area contributed by atoms with Crippen LogP contribution in [0.25, 0.3) is 0 Å². The first kappa shape index (κ1) is 19.2. The Morgan fingerprint density at radius 3 is 2.54 bits per heavy atom. The Morgan fingerprint density at radius 1 is 1.15 bits per heavy atom. The molecular formula is C21H23Cl2NO2. The molecule has 3 unspecified atom stereocenters. The van der Waals surface area contributed by atoms with Gasteiger partial charge in [0.05, 0.1) is 23.3 Å². The predicted octanol–water partition coefficient (Wildman–Crippen LogP) is 5.85. The highest BCUT2D eigenvalue weighted by molar-refractivity contribution is 6.37. The first-order valence-corrected chi connectivity index (χ1v) is 9.65. The van der Waals surface area contributed by atoms with Gasteiger partial charge in [-0.05, 0) is 67.5 Å². The van der Waals surface area contributed by atoms with E-state index >= 15 is 0 Å². The number of carbonyl (C=O) groups is 1. The molecule has 1 aliphatic heterocycles. The zero-order valence-corrected chi connectivity index (χ0v) is 16.5. The number of halogens is 2. The standard InChI is InChI=1S/C21H23Cl2NO2/c1-13-9-16(12-26-14(13)2)10-15-3-6-18(7-4-15)24-21(25)19-8-5-17(22)11-20(19)23/h3-8,11,13-14,16H,9-10,12H2,1-2H3,(H,24,25). The second-order valence-corrected chi connectivity index (χ2v) is 7.94. The number of carbonyl (C=O) groups excluding carboxylic acids is 1. The van der Waals surface area contributed by atoms with E-state index in [1.165, 1.54) is 12.0 Å². The molecule has 138 valence electrons. The Kier molecular flexibility index (Phi) is 6.23. The van der Waals surface area contributed by atoms with Crippen LogP contribution in [0.2, 0.25) is 10.0 Å². The summed E-state index contributed by atoms with van der Waals surface area (Å²) in [6.45, 7) is 5.21. The fraction of sp³-hybridized carbons (Fsp3) is 0.381. The van der Waals surface area contributed by atoms with E-state index in [0.717, 1.165) is 18.7 Å². The number of nitrogens with one attached hydrogen (secondary N) is 1. The van der Waals surface area contributed by atoms with E-state index in [1.54, 1.807) is 18.2 Å². The number of anilines is 1. The summed E-state index contributed by atoms with van der Waals surface area (Å²) < 4.78 is 5.84. The Bertz CT molecular complexity index is 776. The van der Waals surface area contributed by atoms with Crippen LogP contribution < -0.4 is 5.32 Å². The highest BCUT2D eigenvalue weighted by Gasteiger charge is 2.25. The number of ether oxygens (including phenoxy) is 1. The largest absolute Gasteiger partial charge is 0.378 e. The molecule has 3 rings (SSSR count). The van der Waals surface area contributed by atoms with Gasteiger partial charge in [0.15, 0.2) is 0 Å². The second-order valence-electron chi connectivity index (χ2n) is 7.10. The Morgan fingerprint density at radius 2 is 1.88 bits per heavy atom. The van der Waals surface area contributed by atoms with E-state index in [-0.39, 0.29) is 5.91 Å². The van der Waals surface area contributed by atoms with Crippen molar-refractivity contribution in [1.82, 2.24) is 0 Å². The molecule has 0 spiro atoms. The number of hydrogen-bond acceptors (Lipinski definition) is 2. The van der Waals surface area contributed by atoms with Crippen LogP contribution in [0.15, 0.2) is 42.5 Å². The molecule has 3 nitrogen and oxygen atoms in total. The van der Waals surface area contributed by atoms with E-state index < -0.39 is 0 Å². The molecular weight excluding hydrogens is 369 g/mol. The van der Waals surface area contributed by atoms with Crippen LogP contribution in [0.5, 0.6) is 0 Å². The molecule has 5 heteroatoms. The lowest BCUT2D eigenvalue weighted by Crippen LogP contribution is -2.31. The molecule has 0 aliphatic carbocycles. The third-order valence-electron chi connectivity index (χ3n) is 5.01. The van der Waals surface area contributed by atoms with Gasteiger partial charge in [0.1, 0.15) is 0 Å². The molecule has 1 saturated heterocycles. The van der Waals surface area contributed by atoms with Crippen LogP contribution >= 0.6 is 23.2 Å². The summed E-state index contributed by atoms with van der Waals surface area (Å²) in [6, 6.07) is 12.8. The number of amides is 1. The van der Waals surface area contributed by atoms with Crippen molar-refractivity contribution in [2.75, 3.05) is 11.9 Å². The molecule has 1 heterocycles. The lowest BCUT2D eigenvalue weighted by molar-refractivity contribution is -0.0397. The number of rotatable bonds is 4. The molecule has 26 heavy (non-hydrogen) atoms. The molecule has 0 bridgehead atoms. The fourth-order valence-electron chi connectivity index (χ4n) is 3.31. The van der Waals surface area contributed by atoms with Gasteiger partial charge in [-0.3, -0.25) is 4.79 Å². The maximum atomic E-state index is 12.4. The van der Waals surface area contributed by atoms with Crippen LogP contribution in [0.3, 0.4) is 0 Å². The van der Waals surface area contributed by atoms with Gasteiger partial charge in [-0.25, -0.2) is 0 Å². The zero-order chi connectivity index (χ0) is 18.7. The summed E-state index contributed by atoms with van der Waals surface area (Å²) in [6.07, 6.45) is 2.53. The Labute approximate surface area is 164 Å². The Balaban J connectivity index is 1.60. The topological polar surface area (TPSA) is 38.3 Å². The van der Waals surface area contributed by atoms with Crippen molar-refractivity contribution in [3.63, 3.8) is 0 Å². The van der Waals surface area contributed by atoms with E-state index in [0.29, 0.717) is 33.5 Å². The lowest BCUT2D eigenvalue weighted by Gasteiger charge is -2.32. The van der Waals surface area contributed by atoms with Crippen LogP contribution in [0.1, 0.15) is 36.2 Å². The molecule has 0 aromatic heterocycles. The molecule has 2 aromatic rings. The summed E-state index contributed by atoms with van der Waals surface area (Å²) in [5.74, 6) is 0.897. The quantitative estimate of drug-likeness (QED) is 0.709. The van der Waals surface area contributed by atoms with Crippen molar-refractivity contribution in [1.29, 1.82) is 0 Å². The summed E-state index contributed by atoms with van der Waals surface area (Å²) in [5.41, 5.74) is 2.40. The van der Waals surface area contributed by atoms with E-state index in [2.05, 4.69) is 31.3 Å². The van der Waals surface area contributed by atoms with Gasteiger partial charge in [-0.1, -0.05) is 42.3 Å². The average molecular weight is 392 g/mol. The monoisotopic (exact) mass is 391 g/mol. The van der Waals surface area contributed by atoms with Gasteiger partial charge in [-0.15, -0.1) is 0 Å². The zero-order valence-electron chi connectivity index (χ0n) is 15.0. The van der Waals surface area contributed by atoms with Crippen molar-refractivity contribution in [3.05, 3.63) is 63.6 Å². The van der Waals surface area contributed by atoms with Crippen molar-refractivity contribution >= 4 is 34.8 Å². The minimum Gasteiger partial charge on any atom is -0.378 e. The fourth-order valence-corrected chi connectivity index (χ4v) is 3.80. The maximum Gasteiger partial charge on any atom is 0.257 e. The Hall–Kier alpha value is -1.55. The summed E-state index contributed by atoms with van der Waals surface area (Å²) in [7, 11) is 0. The van der Waals surface area contributed by atoms with Crippen LogP contribution in [-0.4, -0.2) is 18.6 Å². The van der Waals surface area contributed by atoms with Crippen LogP contribution in [-0.2, 0) is 11.2 Å². The minimum atomic E-state index is -0.247. The average Bonchev–Trinajstić information content (AvgIpc) is 2.60. The molecule has 1 fully saturated rings. The number of hydrogen-bond donors (Lipinski definition) is 1. The van der Waals surface area contributed by atoms with E-state index in [4.69, 9.17) is 27.9 Å². The van der Waals surface area contributed by atoms with Gasteiger partial charge < -0.3 is 10.1 Å². The molecule has 1 aliphatic rings. The highest BCUT2D eigenvalue weighted by atomic mass is 35.5. The third-order valence-corrected chi connectivity index (χ3v) is 5.56. The van der Waals surface area contributed by atoms with Gasteiger partial charge in [-0.2, -0.15) is 0 Å². The molecule has 2 aromatic carbocycles. The van der Waals surface area contributed by atoms with Crippen molar-refractivity contribution in [2.45, 2.75) is 32.8 Å². The minimum absolute atomic E-state index is 0.247. The lowest BCUT2D eigenvalue weighted by atomic mass is 9.86. The first-order valence-electron chi connectivity index (χ1n) is 8.89. The molecule has 1 N–H and O–H groups in total. The van der Waals surface area contributed by atoms with Crippen molar-refractivity contribution in [2.24, 2.45) is 11.8 Å². The summed E-state index contributed by atoms with van der Waals surface area (Å²) >= 11 is 12.0. The molecule has 3 atom stereocenters. The summed E-state index contributed by atoms with van der Waals surface area (Å²) in [5, 5.41) is 3.72. The second kappa shape index (κ2) is 8.43. The van der Waals surface area contributed by atoms with Gasteiger partial charge in [0.25, 0.3) is 5.91 Å². The first-order chi connectivity index (χ1) is 12.4. The highest BCUT2D eigenvalue weighted by Crippen LogP contribution is 2.27. The van der Waals surface area contributed by atoms with Gasteiger partial charge in [0, 0.05) is 10.7 Å². The maximum absolute atomic E-state index is 12.4. The normalized spacial score (nSPS) is 22.8. The SMILES string of the molecule is CC1CC(Cc2ccc(NC(=O)c3ccc(Cl)cc3Cl)cc2)COC1C. The van der Waals surface area contributed by atoms with Gasteiger partial charge >= 0.3 is 0 Å². The molecule has 0 saturated carbocycles. The van der Waals surface area contributed by atoms with Gasteiger partial charge in [0.2, 0.25) is 0 Å². The van der Waals surface area contributed by atoms with Crippen LogP contribution in [0.4, 0.5) is 5.69 Å². The smallest absolute Gasteiger partial charge is 0.257 e. The van der Waals surface area contributed by atoms with E-state index in [1.807, 2.05) is 12.1 Å². The van der Waals surface area contributed by atoms with Crippen molar-refractivity contribution in [3.8, 4) is 0 Å². The molecule has 1 amide bonds. The number of benzene rings is 2. The summed E-state index contributed by atoms with van der Waals surface area (Å²) in [4.78, 5) is 12.4.